The third kappa shape index (κ3) is 3.58. The Kier molecular flexibility index (Phi) is 4.99. The van der Waals surface area contributed by atoms with Gasteiger partial charge in [0.2, 0.25) is 0 Å². The molecule has 1 aliphatic heterocycles. The molecule has 5 heteroatoms. The minimum absolute atomic E-state index is 0.258. The minimum atomic E-state index is -0.258. The molecule has 1 aromatic carbocycles. The molecule has 0 amide bonds. The number of halogens is 1. The van der Waals surface area contributed by atoms with E-state index in [1.165, 1.54) is 13.2 Å². The van der Waals surface area contributed by atoms with Gasteiger partial charge < -0.3 is 19.7 Å². The number of rotatable bonds is 5. The Balaban J connectivity index is 2.05. The SMILES string of the molecule is COc1cc(F)c(CCN2CCNCC2)c(OC)c1. The van der Waals surface area contributed by atoms with Crippen molar-refractivity contribution < 1.29 is 13.9 Å². The lowest BCUT2D eigenvalue weighted by molar-refractivity contribution is 0.242. The summed E-state index contributed by atoms with van der Waals surface area (Å²) in [5, 5.41) is 3.30. The number of nitrogens with zero attached hydrogens (tertiary/aromatic N) is 1. The Morgan fingerprint density at radius 3 is 2.58 bits per heavy atom. The molecule has 1 aromatic rings. The van der Waals surface area contributed by atoms with Crippen molar-refractivity contribution in [3.05, 3.63) is 23.5 Å². The van der Waals surface area contributed by atoms with Crippen LogP contribution in [0.25, 0.3) is 0 Å². The molecule has 1 N–H and O–H groups in total. The third-order valence-corrected chi connectivity index (χ3v) is 3.47. The minimum Gasteiger partial charge on any atom is -0.497 e. The average Bonchev–Trinajstić information content (AvgIpc) is 2.46. The van der Waals surface area contributed by atoms with Gasteiger partial charge in [-0.1, -0.05) is 0 Å². The van der Waals surface area contributed by atoms with Crippen LogP contribution in [0.5, 0.6) is 11.5 Å². The number of benzene rings is 1. The Hall–Kier alpha value is -1.33. The van der Waals surface area contributed by atoms with Crippen LogP contribution in [0.2, 0.25) is 0 Å². The zero-order chi connectivity index (χ0) is 13.7. The molecule has 0 saturated carbocycles. The van der Waals surface area contributed by atoms with Crippen LogP contribution in [0.1, 0.15) is 5.56 Å². The highest BCUT2D eigenvalue weighted by atomic mass is 19.1. The van der Waals surface area contributed by atoms with Gasteiger partial charge in [0.1, 0.15) is 17.3 Å². The molecule has 1 saturated heterocycles. The van der Waals surface area contributed by atoms with Crippen LogP contribution in [0, 0.1) is 5.82 Å². The van der Waals surface area contributed by atoms with Gasteiger partial charge in [0.05, 0.1) is 14.2 Å². The summed E-state index contributed by atoms with van der Waals surface area (Å²) in [6, 6.07) is 3.14. The highest BCUT2D eigenvalue weighted by molar-refractivity contribution is 5.42. The van der Waals surface area contributed by atoms with E-state index in [4.69, 9.17) is 9.47 Å². The zero-order valence-corrected chi connectivity index (χ0v) is 11.5. The highest BCUT2D eigenvalue weighted by Crippen LogP contribution is 2.28. The Labute approximate surface area is 113 Å². The summed E-state index contributed by atoms with van der Waals surface area (Å²) in [4.78, 5) is 2.33. The van der Waals surface area contributed by atoms with Crippen LogP contribution < -0.4 is 14.8 Å². The van der Waals surface area contributed by atoms with Gasteiger partial charge in [0.15, 0.2) is 0 Å². The second-order valence-electron chi connectivity index (χ2n) is 4.63. The van der Waals surface area contributed by atoms with Gasteiger partial charge >= 0.3 is 0 Å². The first-order valence-electron chi connectivity index (χ1n) is 6.58. The summed E-state index contributed by atoms with van der Waals surface area (Å²) in [6.45, 7) is 4.88. The molecule has 106 valence electrons. The monoisotopic (exact) mass is 268 g/mol. The summed E-state index contributed by atoms with van der Waals surface area (Å²) in [5.74, 6) is 0.790. The second kappa shape index (κ2) is 6.73. The molecule has 0 atom stereocenters. The Morgan fingerprint density at radius 1 is 1.21 bits per heavy atom. The predicted molar refractivity (Wildman–Crippen MR) is 72.5 cm³/mol. The molecule has 4 nitrogen and oxygen atoms in total. The summed E-state index contributed by atoms with van der Waals surface area (Å²) < 4.78 is 24.4. The number of piperazine rings is 1. The maximum atomic E-state index is 14.0. The molecular weight excluding hydrogens is 247 g/mol. The van der Waals surface area contributed by atoms with Gasteiger partial charge in [-0.3, -0.25) is 0 Å². The number of hydrogen-bond donors (Lipinski definition) is 1. The number of nitrogens with one attached hydrogen (secondary N) is 1. The van der Waals surface area contributed by atoms with Gasteiger partial charge in [0.25, 0.3) is 0 Å². The molecule has 19 heavy (non-hydrogen) atoms. The van der Waals surface area contributed by atoms with Crippen molar-refractivity contribution >= 4 is 0 Å². The molecule has 1 fully saturated rings. The summed E-state index contributed by atoms with van der Waals surface area (Å²) in [7, 11) is 3.08. The molecule has 0 radical (unpaired) electrons. The van der Waals surface area contributed by atoms with E-state index in [-0.39, 0.29) is 5.82 Å². The molecule has 2 rings (SSSR count). The van der Waals surface area contributed by atoms with Crippen molar-refractivity contribution in [2.75, 3.05) is 46.9 Å². The van der Waals surface area contributed by atoms with Gasteiger partial charge in [-0.15, -0.1) is 0 Å². The molecular formula is C14H21FN2O2. The lowest BCUT2D eigenvalue weighted by Crippen LogP contribution is -2.44. The fraction of sp³-hybridized carbons (Fsp3) is 0.571. The van der Waals surface area contributed by atoms with Crippen molar-refractivity contribution in [3.8, 4) is 11.5 Å². The normalized spacial score (nSPS) is 16.4. The number of methoxy groups -OCH3 is 2. The van der Waals surface area contributed by atoms with Crippen LogP contribution >= 0.6 is 0 Å². The Morgan fingerprint density at radius 2 is 1.95 bits per heavy atom. The van der Waals surface area contributed by atoms with Crippen molar-refractivity contribution in [2.45, 2.75) is 6.42 Å². The topological polar surface area (TPSA) is 33.7 Å². The molecule has 0 aliphatic carbocycles. The first-order chi connectivity index (χ1) is 9.24. The quantitative estimate of drug-likeness (QED) is 0.872. The third-order valence-electron chi connectivity index (χ3n) is 3.47. The maximum absolute atomic E-state index is 14.0. The number of ether oxygens (including phenoxy) is 2. The fourth-order valence-electron chi connectivity index (χ4n) is 2.33. The van der Waals surface area contributed by atoms with E-state index in [1.54, 1.807) is 13.2 Å². The summed E-state index contributed by atoms with van der Waals surface area (Å²) >= 11 is 0. The van der Waals surface area contributed by atoms with Gasteiger partial charge in [0, 0.05) is 50.4 Å². The predicted octanol–water partition coefficient (Wildman–Crippen LogP) is 1.29. The molecule has 0 aromatic heterocycles. The second-order valence-corrected chi connectivity index (χ2v) is 4.63. The molecule has 0 spiro atoms. The fourth-order valence-corrected chi connectivity index (χ4v) is 2.33. The van der Waals surface area contributed by atoms with E-state index in [1.807, 2.05) is 0 Å². The first-order valence-corrected chi connectivity index (χ1v) is 6.58. The van der Waals surface area contributed by atoms with Crippen molar-refractivity contribution in [1.29, 1.82) is 0 Å². The standard InChI is InChI=1S/C14H21FN2O2/c1-18-11-9-13(15)12(14(10-11)19-2)3-6-17-7-4-16-5-8-17/h9-10,16H,3-8H2,1-2H3. The van der Waals surface area contributed by atoms with Gasteiger partial charge in [-0.2, -0.15) is 0 Å². The van der Waals surface area contributed by atoms with Crippen LogP contribution in [-0.4, -0.2) is 51.8 Å². The lowest BCUT2D eigenvalue weighted by atomic mass is 10.1. The first kappa shape index (κ1) is 14.1. The van der Waals surface area contributed by atoms with Crippen LogP contribution in [0.15, 0.2) is 12.1 Å². The largest absolute Gasteiger partial charge is 0.497 e. The van der Waals surface area contributed by atoms with Gasteiger partial charge in [-0.05, 0) is 6.42 Å². The average molecular weight is 268 g/mol. The van der Waals surface area contributed by atoms with E-state index in [0.29, 0.717) is 23.5 Å². The molecule has 1 heterocycles. The van der Waals surface area contributed by atoms with E-state index in [0.717, 1.165) is 32.7 Å². The van der Waals surface area contributed by atoms with Crippen LogP contribution in [0.3, 0.4) is 0 Å². The zero-order valence-electron chi connectivity index (χ0n) is 11.5. The van der Waals surface area contributed by atoms with E-state index < -0.39 is 0 Å². The highest BCUT2D eigenvalue weighted by Gasteiger charge is 2.15. The van der Waals surface area contributed by atoms with E-state index in [9.17, 15) is 4.39 Å². The molecule has 0 bridgehead atoms. The van der Waals surface area contributed by atoms with Crippen LogP contribution in [-0.2, 0) is 6.42 Å². The summed E-state index contributed by atoms with van der Waals surface area (Å²) in [5.41, 5.74) is 0.627. The van der Waals surface area contributed by atoms with Crippen molar-refractivity contribution in [1.82, 2.24) is 10.2 Å². The lowest BCUT2D eigenvalue weighted by Gasteiger charge is -2.27. The van der Waals surface area contributed by atoms with E-state index in [2.05, 4.69) is 10.2 Å². The maximum Gasteiger partial charge on any atom is 0.133 e. The van der Waals surface area contributed by atoms with Gasteiger partial charge in [-0.25, -0.2) is 4.39 Å². The Bertz CT molecular complexity index is 420. The molecule has 1 aliphatic rings. The number of hydrogen-bond acceptors (Lipinski definition) is 4. The van der Waals surface area contributed by atoms with Crippen LogP contribution in [0.4, 0.5) is 4.39 Å². The summed E-state index contributed by atoms with van der Waals surface area (Å²) in [6.07, 6.45) is 0.652. The molecule has 0 unspecified atom stereocenters. The van der Waals surface area contributed by atoms with Crippen molar-refractivity contribution in [3.63, 3.8) is 0 Å². The van der Waals surface area contributed by atoms with E-state index >= 15 is 0 Å². The smallest absolute Gasteiger partial charge is 0.133 e. The van der Waals surface area contributed by atoms with Crippen molar-refractivity contribution in [2.24, 2.45) is 0 Å².